The van der Waals surface area contributed by atoms with Crippen molar-refractivity contribution in [3.05, 3.63) is 29.6 Å². The number of carbonyl (C=O) groups excluding carboxylic acids is 1. The van der Waals surface area contributed by atoms with Crippen molar-refractivity contribution in [1.82, 2.24) is 9.88 Å². The van der Waals surface area contributed by atoms with Gasteiger partial charge in [-0.1, -0.05) is 0 Å². The Morgan fingerprint density at radius 1 is 1.53 bits per heavy atom. The Kier molecular flexibility index (Phi) is 2.84. The van der Waals surface area contributed by atoms with Crippen LogP contribution in [0.1, 0.15) is 42.7 Å². The Hall–Kier alpha value is -1.89. The average Bonchev–Trinajstić information content (AvgIpc) is 2.68. The number of likely N-dealkylation sites (tertiary alicyclic amines) is 1. The van der Waals surface area contributed by atoms with Gasteiger partial charge in [-0.15, -0.1) is 0 Å². The van der Waals surface area contributed by atoms with Crippen LogP contribution in [0.25, 0.3) is 0 Å². The highest BCUT2D eigenvalue weighted by molar-refractivity contribution is 5.93. The van der Waals surface area contributed by atoms with Crippen LogP contribution in [-0.4, -0.2) is 27.9 Å². The van der Waals surface area contributed by atoms with Crippen molar-refractivity contribution in [1.29, 1.82) is 5.26 Å². The summed E-state index contributed by atoms with van der Waals surface area (Å²) in [5, 5.41) is 8.68. The molecule has 0 radical (unpaired) electrons. The van der Waals surface area contributed by atoms with E-state index in [-0.39, 0.29) is 11.4 Å². The summed E-state index contributed by atoms with van der Waals surface area (Å²) in [5.74, 6) is -0.0445. The van der Waals surface area contributed by atoms with Crippen molar-refractivity contribution in [2.45, 2.75) is 32.2 Å². The van der Waals surface area contributed by atoms with Crippen LogP contribution in [0, 0.1) is 11.3 Å². The highest BCUT2D eigenvalue weighted by Crippen LogP contribution is 2.29. The van der Waals surface area contributed by atoms with Crippen molar-refractivity contribution in [2.24, 2.45) is 0 Å². The van der Waals surface area contributed by atoms with Crippen LogP contribution in [0.15, 0.2) is 18.3 Å². The molecule has 1 saturated heterocycles. The Bertz CT molecular complexity index is 470. The molecule has 0 N–H and O–H groups in total. The largest absolute Gasteiger partial charge is 0.332 e. The van der Waals surface area contributed by atoms with Gasteiger partial charge in [-0.05, 0) is 38.8 Å². The predicted octanol–water partition coefficient (Wildman–Crippen LogP) is 1.97. The highest BCUT2D eigenvalue weighted by atomic mass is 16.2. The van der Waals surface area contributed by atoms with Crippen LogP contribution in [0.4, 0.5) is 0 Å². The summed E-state index contributed by atoms with van der Waals surface area (Å²) in [4.78, 5) is 18.2. The Morgan fingerprint density at radius 3 is 2.76 bits per heavy atom. The number of amides is 1. The first-order valence-corrected chi connectivity index (χ1v) is 5.73. The van der Waals surface area contributed by atoms with E-state index in [0.29, 0.717) is 11.3 Å². The molecular weight excluding hydrogens is 214 g/mol. The summed E-state index contributed by atoms with van der Waals surface area (Å²) in [6.45, 7) is 4.93. The minimum atomic E-state index is -0.0906. The number of nitrogens with zero attached hydrogens (tertiary/aromatic N) is 3. The standard InChI is InChI=1S/C13H15N3O/c1-13(2)6-3-7-16(13)12(17)11-5-4-10(8-14)9-15-11/h4-5,9H,3,6-7H2,1-2H3. The first-order valence-electron chi connectivity index (χ1n) is 5.73. The fraction of sp³-hybridized carbons (Fsp3) is 0.462. The van der Waals surface area contributed by atoms with Gasteiger partial charge in [-0.3, -0.25) is 4.79 Å². The van der Waals surface area contributed by atoms with Crippen LogP contribution in [0.2, 0.25) is 0 Å². The van der Waals surface area contributed by atoms with Gasteiger partial charge in [0.2, 0.25) is 0 Å². The molecule has 1 aliphatic heterocycles. The van der Waals surface area contributed by atoms with Gasteiger partial charge in [0.05, 0.1) is 5.56 Å². The molecule has 17 heavy (non-hydrogen) atoms. The first kappa shape index (κ1) is 11.6. The number of pyridine rings is 1. The van der Waals surface area contributed by atoms with Gasteiger partial charge >= 0.3 is 0 Å². The zero-order valence-corrected chi connectivity index (χ0v) is 10.1. The number of nitriles is 1. The summed E-state index contributed by atoms with van der Waals surface area (Å²) in [6.07, 6.45) is 3.50. The molecule has 0 bridgehead atoms. The molecule has 1 amide bonds. The number of carbonyl (C=O) groups is 1. The van der Waals surface area contributed by atoms with Crippen LogP contribution >= 0.6 is 0 Å². The summed E-state index contributed by atoms with van der Waals surface area (Å²) in [6, 6.07) is 5.24. The quantitative estimate of drug-likeness (QED) is 0.739. The average molecular weight is 229 g/mol. The molecule has 4 nitrogen and oxygen atoms in total. The van der Waals surface area contributed by atoms with Crippen LogP contribution < -0.4 is 0 Å². The summed E-state index contributed by atoms with van der Waals surface area (Å²) in [5.41, 5.74) is 0.799. The molecule has 2 rings (SSSR count). The first-order chi connectivity index (χ1) is 8.04. The van der Waals surface area contributed by atoms with Gasteiger partial charge < -0.3 is 4.90 Å². The van der Waals surface area contributed by atoms with Crippen LogP contribution in [-0.2, 0) is 0 Å². The van der Waals surface area contributed by atoms with Gasteiger partial charge in [0, 0.05) is 18.3 Å². The number of rotatable bonds is 1. The molecule has 1 aromatic heterocycles. The van der Waals surface area contributed by atoms with Crippen molar-refractivity contribution in [2.75, 3.05) is 6.54 Å². The van der Waals surface area contributed by atoms with Gasteiger partial charge in [-0.25, -0.2) is 4.98 Å². The van der Waals surface area contributed by atoms with Gasteiger partial charge in [0.25, 0.3) is 5.91 Å². The normalized spacial score (nSPS) is 17.8. The topological polar surface area (TPSA) is 57.0 Å². The molecule has 4 heteroatoms. The summed E-state index contributed by atoms with van der Waals surface area (Å²) in [7, 11) is 0. The molecule has 0 unspecified atom stereocenters. The van der Waals surface area contributed by atoms with Crippen LogP contribution in [0.5, 0.6) is 0 Å². The molecule has 0 atom stereocenters. The SMILES string of the molecule is CC1(C)CCCN1C(=O)c1ccc(C#N)cn1. The highest BCUT2D eigenvalue weighted by Gasteiger charge is 2.36. The molecular formula is C13H15N3O. The van der Waals surface area contributed by atoms with E-state index >= 15 is 0 Å². The third-order valence-electron chi connectivity index (χ3n) is 3.26. The maximum Gasteiger partial charge on any atom is 0.272 e. The van der Waals surface area contributed by atoms with Crippen molar-refractivity contribution < 1.29 is 4.79 Å². The minimum absolute atomic E-state index is 0.0445. The third-order valence-corrected chi connectivity index (χ3v) is 3.26. The molecule has 1 aliphatic rings. The van der Waals surface area contributed by atoms with Crippen molar-refractivity contribution in [3.63, 3.8) is 0 Å². The molecule has 0 spiro atoms. The Morgan fingerprint density at radius 2 is 2.29 bits per heavy atom. The fourth-order valence-electron chi connectivity index (χ4n) is 2.21. The zero-order chi connectivity index (χ0) is 12.5. The van der Waals surface area contributed by atoms with E-state index in [2.05, 4.69) is 18.8 Å². The van der Waals surface area contributed by atoms with E-state index < -0.39 is 0 Å². The lowest BCUT2D eigenvalue weighted by molar-refractivity contribution is 0.0646. The second-order valence-corrected chi connectivity index (χ2v) is 4.92. The minimum Gasteiger partial charge on any atom is -0.332 e. The lowest BCUT2D eigenvalue weighted by Crippen LogP contribution is -2.42. The smallest absolute Gasteiger partial charge is 0.272 e. The van der Waals surface area contributed by atoms with E-state index in [1.807, 2.05) is 11.0 Å². The van der Waals surface area contributed by atoms with Gasteiger partial charge in [-0.2, -0.15) is 5.26 Å². The maximum atomic E-state index is 12.2. The lowest BCUT2D eigenvalue weighted by Gasteiger charge is -2.31. The van der Waals surface area contributed by atoms with Gasteiger partial charge in [0.1, 0.15) is 11.8 Å². The third kappa shape index (κ3) is 2.14. The molecule has 0 aliphatic carbocycles. The Labute approximate surface area is 101 Å². The molecule has 1 fully saturated rings. The zero-order valence-electron chi connectivity index (χ0n) is 10.1. The molecule has 0 aromatic carbocycles. The molecule has 0 saturated carbocycles. The van der Waals surface area contributed by atoms with E-state index in [9.17, 15) is 4.79 Å². The summed E-state index contributed by atoms with van der Waals surface area (Å²) < 4.78 is 0. The number of aromatic nitrogens is 1. The number of hydrogen-bond acceptors (Lipinski definition) is 3. The van der Waals surface area contributed by atoms with E-state index in [4.69, 9.17) is 5.26 Å². The summed E-state index contributed by atoms with van der Waals surface area (Å²) >= 11 is 0. The second-order valence-electron chi connectivity index (χ2n) is 4.92. The van der Waals surface area contributed by atoms with E-state index in [1.54, 1.807) is 12.1 Å². The maximum absolute atomic E-state index is 12.2. The van der Waals surface area contributed by atoms with Crippen molar-refractivity contribution >= 4 is 5.91 Å². The monoisotopic (exact) mass is 229 g/mol. The van der Waals surface area contributed by atoms with E-state index in [1.165, 1.54) is 6.20 Å². The molecule has 1 aromatic rings. The van der Waals surface area contributed by atoms with E-state index in [0.717, 1.165) is 19.4 Å². The van der Waals surface area contributed by atoms with Crippen LogP contribution in [0.3, 0.4) is 0 Å². The predicted molar refractivity (Wildman–Crippen MR) is 63.3 cm³/mol. The molecule has 2 heterocycles. The fourth-order valence-corrected chi connectivity index (χ4v) is 2.21. The van der Waals surface area contributed by atoms with Crippen molar-refractivity contribution in [3.8, 4) is 6.07 Å². The van der Waals surface area contributed by atoms with Gasteiger partial charge in [0.15, 0.2) is 0 Å². The Balaban J connectivity index is 2.23. The second kappa shape index (κ2) is 4.17. The molecule has 88 valence electrons. The number of hydrogen-bond donors (Lipinski definition) is 0. The lowest BCUT2D eigenvalue weighted by atomic mass is 10.0.